The first kappa shape index (κ1) is 19.9. The number of anilines is 1. The van der Waals surface area contributed by atoms with Crippen molar-refractivity contribution in [2.45, 2.75) is 18.4 Å². The van der Waals surface area contributed by atoms with Crippen LogP contribution >= 0.6 is 0 Å². The third-order valence-corrected chi connectivity index (χ3v) is 5.84. The number of nitrogens with zero attached hydrogens (tertiary/aromatic N) is 1. The number of hydrogen-bond donors (Lipinski definition) is 2. The smallest absolute Gasteiger partial charge is 0.256 e. The van der Waals surface area contributed by atoms with Gasteiger partial charge in [0.05, 0.1) is 4.90 Å². The lowest BCUT2D eigenvalue weighted by atomic mass is 10.2. The van der Waals surface area contributed by atoms with Crippen molar-refractivity contribution in [3.8, 4) is 11.5 Å². The van der Waals surface area contributed by atoms with E-state index in [1.165, 1.54) is 18.2 Å². The summed E-state index contributed by atoms with van der Waals surface area (Å²) >= 11 is 0. The zero-order valence-electron chi connectivity index (χ0n) is 16.1. The van der Waals surface area contributed by atoms with E-state index < -0.39 is 15.9 Å². The molecule has 1 aliphatic rings. The maximum Gasteiger partial charge on any atom is 0.256 e. The molecule has 8 nitrogen and oxygen atoms in total. The summed E-state index contributed by atoms with van der Waals surface area (Å²) in [5.41, 5.74) is 1.70. The second-order valence-corrected chi connectivity index (χ2v) is 8.43. The van der Waals surface area contributed by atoms with Gasteiger partial charge >= 0.3 is 0 Å². The van der Waals surface area contributed by atoms with Gasteiger partial charge in [-0.2, -0.15) is 0 Å². The number of rotatable bonds is 6. The topological polar surface area (TPSA) is 107 Å². The maximum absolute atomic E-state index is 12.7. The normalized spacial score (nSPS) is 12.6. The molecule has 0 aliphatic carbocycles. The Morgan fingerprint density at radius 1 is 1.03 bits per heavy atom. The van der Waals surface area contributed by atoms with Gasteiger partial charge in [-0.25, -0.2) is 18.1 Å². The Balaban J connectivity index is 1.47. The third-order valence-electron chi connectivity index (χ3n) is 4.44. The summed E-state index contributed by atoms with van der Waals surface area (Å²) in [6.45, 7) is 2.04. The van der Waals surface area contributed by atoms with Gasteiger partial charge in [0.25, 0.3) is 5.91 Å². The number of aryl methyl sites for hydroxylation is 1. The number of fused-ring (bicyclic) bond motifs is 1. The van der Waals surface area contributed by atoms with Crippen LogP contribution in [0.15, 0.2) is 65.6 Å². The molecule has 0 atom stereocenters. The predicted molar refractivity (Wildman–Crippen MR) is 110 cm³/mol. The van der Waals surface area contributed by atoms with Gasteiger partial charge in [-0.1, -0.05) is 18.2 Å². The number of amides is 1. The van der Waals surface area contributed by atoms with Crippen LogP contribution in [0.3, 0.4) is 0 Å². The van der Waals surface area contributed by atoms with Crippen LogP contribution in [0.1, 0.15) is 21.6 Å². The number of sulfonamides is 1. The van der Waals surface area contributed by atoms with Crippen LogP contribution < -0.4 is 19.5 Å². The first-order valence-electron chi connectivity index (χ1n) is 9.14. The fourth-order valence-electron chi connectivity index (χ4n) is 2.92. The van der Waals surface area contributed by atoms with Crippen LogP contribution in [-0.2, 0) is 16.6 Å². The highest BCUT2D eigenvalue weighted by Crippen LogP contribution is 2.32. The molecule has 9 heteroatoms. The summed E-state index contributed by atoms with van der Waals surface area (Å²) < 4.78 is 38.5. The van der Waals surface area contributed by atoms with E-state index in [1.54, 1.807) is 36.4 Å². The number of benzene rings is 2. The number of pyridine rings is 1. The van der Waals surface area contributed by atoms with Crippen LogP contribution in [0.2, 0.25) is 0 Å². The van der Waals surface area contributed by atoms with E-state index >= 15 is 0 Å². The van der Waals surface area contributed by atoms with Crippen molar-refractivity contribution in [3.05, 3.63) is 77.5 Å². The maximum atomic E-state index is 12.7. The number of carbonyl (C=O) groups is 1. The van der Waals surface area contributed by atoms with E-state index in [0.29, 0.717) is 17.3 Å². The number of nitrogens with one attached hydrogen (secondary N) is 2. The zero-order chi connectivity index (χ0) is 21.1. The minimum Gasteiger partial charge on any atom is -0.454 e. The number of aromatic nitrogens is 1. The SMILES string of the molecule is Cc1cccc(NC(=O)c2cccc(S(=O)(=O)NCc3ccc4c(c3)OCO4)c2)n1. The second kappa shape index (κ2) is 8.13. The number of ether oxygens (including phenoxy) is 2. The Morgan fingerprint density at radius 2 is 1.83 bits per heavy atom. The van der Waals surface area contributed by atoms with Crippen LogP contribution in [-0.4, -0.2) is 26.1 Å². The molecule has 0 saturated carbocycles. The van der Waals surface area contributed by atoms with Crippen molar-refractivity contribution in [3.63, 3.8) is 0 Å². The summed E-state index contributed by atoms with van der Waals surface area (Å²) in [4.78, 5) is 16.7. The summed E-state index contributed by atoms with van der Waals surface area (Å²) in [6.07, 6.45) is 0. The molecule has 4 rings (SSSR count). The zero-order valence-corrected chi connectivity index (χ0v) is 16.9. The minimum absolute atomic E-state index is 0.00639. The second-order valence-electron chi connectivity index (χ2n) is 6.66. The molecule has 2 aromatic carbocycles. The van der Waals surface area contributed by atoms with E-state index in [9.17, 15) is 13.2 Å². The molecule has 1 amide bonds. The number of hydrogen-bond acceptors (Lipinski definition) is 6. The quantitative estimate of drug-likeness (QED) is 0.629. The van der Waals surface area contributed by atoms with E-state index in [2.05, 4.69) is 15.0 Å². The van der Waals surface area contributed by atoms with Gasteiger partial charge in [0, 0.05) is 17.8 Å². The third kappa shape index (κ3) is 4.42. The fourth-order valence-corrected chi connectivity index (χ4v) is 3.98. The van der Waals surface area contributed by atoms with Gasteiger partial charge in [-0.3, -0.25) is 4.79 Å². The Kier molecular flexibility index (Phi) is 5.39. The molecule has 0 saturated heterocycles. The Labute approximate surface area is 173 Å². The molecule has 30 heavy (non-hydrogen) atoms. The first-order chi connectivity index (χ1) is 14.4. The van der Waals surface area contributed by atoms with Gasteiger partial charge in [0.15, 0.2) is 11.5 Å². The monoisotopic (exact) mass is 425 g/mol. The highest BCUT2D eigenvalue weighted by Gasteiger charge is 2.18. The average molecular weight is 425 g/mol. The van der Waals surface area contributed by atoms with Crippen LogP contribution in [0.5, 0.6) is 11.5 Å². The lowest BCUT2D eigenvalue weighted by molar-refractivity contribution is 0.102. The highest BCUT2D eigenvalue weighted by atomic mass is 32.2. The summed E-state index contributed by atoms with van der Waals surface area (Å²) in [7, 11) is -3.83. The molecule has 0 bridgehead atoms. The Hall–Kier alpha value is -3.43. The first-order valence-corrected chi connectivity index (χ1v) is 10.6. The highest BCUT2D eigenvalue weighted by molar-refractivity contribution is 7.89. The fraction of sp³-hybridized carbons (Fsp3) is 0.143. The largest absolute Gasteiger partial charge is 0.454 e. The van der Waals surface area contributed by atoms with Crippen molar-refractivity contribution in [2.24, 2.45) is 0 Å². The van der Waals surface area contributed by atoms with E-state index in [-0.39, 0.29) is 23.8 Å². The van der Waals surface area contributed by atoms with Crippen molar-refractivity contribution in [2.75, 3.05) is 12.1 Å². The van der Waals surface area contributed by atoms with Crippen molar-refractivity contribution < 1.29 is 22.7 Å². The molecule has 0 radical (unpaired) electrons. The van der Waals surface area contributed by atoms with Crippen molar-refractivity contribution in [1.29, 1.82) is 0 Å². The molecule has 2 heterocycles. The molecule has 3 aromatic rings. The Morgan fingerprint density at radius 3 is 2.67 bits per heavy atom. The lowest BCUT2D eigenvalue weighted by Crippen LogP contribution is -2.23. The van der Waals surface area contributed by atoms with Gasteiger partial charge < -0.3 is 14.8 Å². The van der Waals surface area contributed by atoms with Crippen LogP contribution in [0.4, 0.5) is 5.82 Å². The number of carbonyl (C=O) groups excluding carboxylic acids is 1. The van der Waals surface area contributed by atoms with Crippen molar-refractivity contribution >= 4 is 21.7 Å². The molecule has 1 aromatic heterocycles. The molecular weight excluding hydrogens is 406 g/mol. The standard InChI is InChI=1S/C21H19N3O5S/c1-14-4-2-7-20(23-14)24-21(25)16-5-3-6-17(11-16)30(26,27)22-12-15-8-9-18-19(10-15)29-13-28-18/h2-11,22H,12-13H2,1H3,(H,23,24,25). The molecule has 2 N–H and O–H groups in total. The summed E-state index contributed by atoms with van der Waals surface area (Å²) in [5.74, 6) is 1.16. The lowest BCUT2D eigenvalue weighted by Gasteiger charge is -2.09. The summed E-state index contributed by atoms with van der Waals surface area (Å²) in [6, 6.07) is 16.3. The van der Waals surface area contributed by atoms with E-state index in [0.717, 1.165) is 11.3 Å². The molecule has 0 spiro atoms. The average Bonchev–Trinajstić information content (AvgIpc) is 3.20. The molecule has 154 valence electrons. The van der Waals surface area contributed by atoms with Gasteiger partial charge in [0.1, 0.15) is 5.82 Å². The minimum atomic E-state index is -3.83. The van der Waals surface area contributed by atoms with Crippen molar-refractivity contribution in [1.82, 2.24) is 9.71 Å². The van der Waals surface area contributed by atoms with Gasteiger partial charge in [-0.15, -0.1) is 0 Å². The van der Waals surface area contributed by atoms with E-state index in [1.807, 2.05) is 13.0 Å². The van der Waals surface area contributed by atoms with Crippen LogP contribution in [0.25, 0.3) is 0 Å². The van der Waals surface area contributed by atoms with Crippen LogP contribution in [0, 0.1) is 6.92 Å². The molecule has 0 unspecified atom stereocenters. The predicted octanol–water partition coefficient (Wildman–Crippen LogP) is 2.85. The van der Waals surface area contributed by atoms with Gasteiger partial charge in [0.2, 0.25) is 16.8 Å². The summed E-state index contributed by atoms with van der Waals surface area (Å²) in [5, 5.41) is 2.67. The molecule has 1 aliphatic heterocycles. The van der Waals surface area contributed by atoms with E-state index in [4.69, 9.17) is 9.47 Å². The molecule has 0 fully saturated rings. The molecular formula is C21H19N3O5S. The Bertz CT molecular complexity index is 1210. The van der Waals surface area contributed by atoms with Gasteiger partial charge in [-0.05, 0) is 55.0 Å².